The van der Waals surface area contributed by atoms with Gasteiger partial charge in [-0.15, -0.1) is 15.3 Å². The molecule has 1 fully saturated rings. The first kappa shape index (κ1) is 26.2. The molecule has 3 heterocycles. The molecule has 0 radical (unpaired) electrons. The third kappa shape index (κ3) is 6.69. The van der Waals surface area contributed by atoms with Crippen LogP contribution in [-0.4, -0.2) is 68.0 Å². The number of amides is 1. The zero-order valence-electron chi connectivity index (χ0n) is 21.4. The first-order valence-corrected chi connectivity index (χ1v) is 12.1. The summed E-state index contributed by atoms with van der Waals surface area (Å²) in [6, 6.07) is 9.43. The number of carbonyl (C=O) groups is 1. The molecule has 2 aromatic heterocycles. The normalized spacial score (nSPS) is 14.6. The summed E-state index contributed by atoms with van der Waals surface area (Å²) in [7, 11) is 0. The quantitative estimate of drug-likeness (QED) is 0.479. The maximum atomic E-state index is 12.9. The Kier molecular flexibility index (Phi) is 7.84. The van der Waals surface area contributed by atoms with Crippen molar-refractivity contribution < 1.29 is 23.0 Å². The Morgan fingerprint density at radius 1 is 1.00 bits per heavy atom. The summed E-state index contributed by atoms with van der Waals surface area (Å²) in [6.07, 6.45) is -2.06. The number of hydrogen-bond acceptors (Lipinski definition) is 8. The lowest BCUT2D eigenvalue weighted by Gasteiger charge is -2.26. The van der Waals surface area contributed by atoms with Gasteiger partial charge >= 0.3 is 6.09 Å². The van der Waals surface area contributed by atoms with Gasteiger partial charge in [-0.05, 0) is 52.3 Å². The average molecular weight is 516 g/mol. The Labute approximate surface area is 214 Å². The van der Waals surface area contributed by atoms with Crippen LogP contribution in [0.3, 0.4) is 0 Å². The van der Waals surface area contributed by atoms with Crippen LogP contribution in [0.25, 0.3) is 5.69 Å². The molecular weight excluding hydrogens is 484 g/mol. The van der Waals surface area contributed by atoms with E-state index in [2.05, 4.69) is 25.4 Å². The molecular formula is C25H31F2N7O3. The fourth-order valence-corrected chi connectivity index (χ4v) is 3.87. The van der Waals surface area contributed by atoms with Crippen molar-refractivity contribution in [3.8, 4) is 11.6 Å². The zero-order chi connectivity index (χ0) is 26.6. The zero-order valence-corrected chi connectivity index (χ0v) is 21.4. The topological polar surface area (TPSA) is 98.5 Å². The number of anilines is 1. The summed E-state index contributed by atoms with van der Waals surface area (Å²) in [5.74, 6) is 1.02. The second kappa shape index (κ2) is 11.1. The second-order valence-electron chi connectivity index (χ2n) is 9.75. The molecule has 4 rings (SSSR count). The molecule has 0 aliphatic carbocycles. The maximum Gasteiger partial charge on any atom is 0.410 e. The molecule has 3 aromatic rings. The van der Waals surface area contributed by atoms with E-state index in [0.29, 0.717) is 48.4 Å². The fraction of sp³-hybridized carbons (Fsp3) is 0.480. The van der Waals surface area contributed by atoms with Gasteiger partial charge < -0.3 is 19.3 Å². The first-order chi connectivity index (χ1) is 17.6. The lowest BCUT2D eigenvalue weighted by molar-refractivity contribution is 0.0263. The molecule has 1 aliphatic rings. The van der Waals surface area contributed by atoms with E-state index in [1.807, 2.05) is 26.8 Å². The van der Waals surface area contributed by atoms with Crippen molar-refractivity contribution in [2.45, 2.75) is 52.7 Å². The van der Waals surface area contributed by atoms with Crippen LogP contribution in [0.5, 0.6) is 5.88 Å². The van der Waals surface area contributed by atoms with E-state index in [4.69, 9.17) is 9.47 Å². The molecule has 10 nitrogen and oxygen atoms in total. The van der Waals surface area contributed by atoms with Gasteiger partial charge in [0.1, 0.15) is 17.9 Å². The third-order valence-corrected chi connectivity index (χ3v) is 5.80. The minimum atomic E-state index is -2.53. The summed E-state index contributed by atoms with van der Waals surface area (Å²) in [5.41, 5.74) is 1.34. The van der Waals surface area contributed by atoms with Gasteiger partial charge in [0.25, 0.3) is 6.43 Å². The van der Waals surface area contributed by atoms with Crippen LogP contribution < -0.4 is 9.64 Å². The summed E-state index contributed by atoms with van der Waals surface area (Å²) in [6.45, 7) is 9.98. The number of aryl methyl sites for hydroxylation is 1. The molecule has 37 heavy (non-hydrogen) atoms. The van der Waals surface area contributed by atoms with Gasteiger partial charge in [0, 0.05) is 37.8 Å². The standard InChI is InChI=1S/C25H31F2N7O3/c1-17-20(34(31-28-17)19-8-6-18(7-9-19)23(26)27)16-36-22-11-10-21(29-30-22)32-12-5-13-33(15-14-32)24(35)37-25(2,3)4/h6-11,23H,5,12-16H2,1-4H3. The summed E-state index contributed by atoms with van der Waals surface area (Å²) >= 11 is 0. The smallest absolute Gasteiger partial charge is 0.410 e. The molecule has 1 aromatic carbocycles. The van der Waals surface area contributed by atoms with Crippen molar-refractivity contribution in [1.82, 2.24) is 30.1 Å². The van der Waals surface area contributed by atoms with Gasteiger partial charge in [-0.3, -0.25) is 0 Å². The number of halogens is 2. The van der Waals surface area contributed by atoms with Crippen LogP contribution in [0.2, 0.25) is 0 Å². The van der Waals surface area contributed by atoms with Crippen molar-refractivity contribution in [2.24, 2.45) is 0 Å². The average Bonchev–Trinajstić information content (AvgIpc) is 3.05. The largest absolute Gasteiger partial charge is 0.470 e. The van der Waals surface area contributed by atoms with Crippen molar-refractivity contribution >= 4 is 11.9 Å². The molecule has 1 aliphatic heterocycles. The molecule has 0 atom stereocenters. The summed E-state index contributed by atoms with van der Waals surface area (Å²) in [5, 5.41) is 16.7. The molecule has 0 saturated carbocycles. The van der Waals surface area contributed by atoms with E-state index in [1.54, 1.807) is 34.7 Å². The van der Waals surface area contributed by atoms with Gasteiger partial charge in [0.15, 0.2) is 5.82 Å². The van der Waals surface area contributed by atoms with Crippen LogP contribution in [0.1, 0.15) is 50.6 Å². The highest BCUT2D eigenvalue weighted by molar-refractivity contribution is 5.68. The van der Waals surface area contributed by atoms with Gasteiger partial charge in [-0.25, -0.2) is 18.3 Å². The minimum Gasteiger partial charge on any atom is -0.470 e. The lowest BCUT2D eigenvalue weighted by Crippen LogP contribution is -2.39. The highest BCUT2D eigenvalue weighted by atomic mass is 19.3. The fourth-order valence-electron chi connectivity index (χ4n) is 3.87. The molecule has 0 N–H and O–H groups in total. The van der Waals surface area contributed by atoms with Gasteiger partial charge in [-0.2, -0.15) is 0 Å². The van der Waals surface area contributed by atoms with Gasteiger partial charge in [0.05, 0.1) is 11.4 Å². The van der Waals surface area contributed by atoms with Crippen molar-refractivity contribution in [1.29, 1.82) is 0 Å². The number of alkyl halides is 2. The van der Waals surface area contributed by atoms with Crippen molar-refractivity contribution in [3.63, 3.8) is 0 Å². The number of nitrogens with zero attached hydrogens (tertiary/aromatic N) is 7. The molecule has 1 amide bonds. The molecule has 0 unspecified atom stereocenters. The van der Waals surface area contributed by atoms with Crippen molar-refractivity contribution in [2.75, 3.05) is 31.1 Å². The van der Waals surface area contributed by atoms with Crippen LogP contribution in [0.4, 0.5) is 19.4 Å². The molecule has 0 spiro atoms. The number of ether oxygens (including phenoxy) is 2. The number of carbonyl (C=O) groups excluding carboxylic acids is 1. The second-order valence-corrected chi connectivity index (χ2v) is 9.75. The van der Waals surface area contributed by atoms with Crippen LogP contribution in [-0.2, 0) is 11.3 Å². The Morgan fingerprint density at radius 2 is 1.76 bits per heavy atom. The van der Waals surface area contributed by atoms with Crippen molar-refractivity contribution in [3.05, 3.63) is 53.3 Å². The molecule has 198 valence electrons. The molecule has 0 bridgehead atoms. The van der Waals surface area contributed by atoms with E-state index >= 15 is 0 Å². The van der Waals surface area contributed by atoms with Gasteiger partial charge in [-0.1, -0.05) is 17.3 Å². The highest BCUT2D eigenvalue weighted by Crippen LogP contribution is 2.22. The molecule has 12 heteroatoms. The van der Waals surface area contributed by atoms with Crippen LogP contribution >= 0.6 is 0 Å². The Balaban J connectivity index is 1.36. The summed E-state index contributed by atoms with van der Waals surface area (Å²) in [4.78, 5) is 16.2. The maximum absolute atomic E-state index is 12.9. The predicted octanol–water partition coefficient (Wildman–Crippen LogP) is 4.33. The van der Waals surface area contributed by atoms with E-state index in [1.165, 1.54) is 12.1 Å². The van der Waals surface area contributed by atoms with E-state index in [-0.39, 0.29) is 18.3 Å². The van der Waals surface area contributed by atoms with E-state index in [0.717, 1.165) is 13.0 Å². The summed E-state index contributed by atoms with van der Waals surface area (Å²) < 4.78 is 38.6. The Bertz CT molecular complexity index is 1190. The Hall–Kier alpha value is -3.83. The molecule has 1 saturated heterocycles. The number of benzene rings is 1. The van der Waals surface area contributed by atoms with Gasteiger partial charge in [0.2, 0.25) is 5.88 Å². The lowest BCUT2D eigenvalue weighted by atomic mass is 10.2. The van der Waals surface area contributed by atoms with E-state index in [9.17, 15) is 13.6 Å². The highest BCUT2D eigenvalue weighted by Gasteiger charge is 2.25. The SMILES string of the molecule is Cc1nnn(-c2ccc(C(F)F)cc2)c1COc1ccc(N2CCCN(C(=O)OC(C)(C)C)CC2)nn1. The first-order valence-electron chi connectivity index (χ1n) is 12.1. The number of aromatic nitrogens is 5. The predicted molar refractivity (Wildman–Crippen MR) is 132 cm³/mol. The van der Waals surface area contributed by atoms with Crippen LogP contribution in [0, 0.1) is 6.92 Å². The van der Waals surface area contributed by atoms with E-state index < -0.39 is 12.0 Å². The minimum absolute atomic E-state index is 0.0595. The Morgan fingerprint density at radius 3 is 2.41 bits per heavy atom. The number of hydrogen-bond donors (Lipinski definition) is 0. The van der Waals surface area contributed by atoms with Crippen LogP contribution in [0.15, 0.2) is 36.4 Å². The monoisotopic (exact) mass is 515 g/mol. The third-order valence-electron chi connectivity index (χ3n) is 5.80. The number of rotatable bonds is 6.